The molecule has 0 saturated carbocycles. The second kappa shape index (κ2) is 7.83. The number of rotatable bonds is 7. The first-order valence-corrected chi connectivity index (χ1v) is 8.11. The molecule has 0 atom stereocenters. The second-order valence-corrected chi connectivity index (χ2v) is 5.92. The van der Waals surface area contributed by atoms with E-state index in [4.69, 9.17) is 9.47 Å². The zero-order valence-electron chi connectivity index (χ0n) is 15.0. The van der Waals surface area contributed by atoms with Gasteiger partial charge in [0.25, 0.3) is 5.91 Å². The first kappa shape index (κ1) is 17.7. The molecule has 8 nitrogen and oxygen atoms in total. The lowest BCUT2D eigenvalue weighted by molar-refractivity contribution is 0.102. The number of hydrogen-bond donors (Lipinski definition) is 1. The standard InChI is InChI=1S/C18H21N5O3/c1-13-4-5-14(2)17(8-13)26-12-22-7-6-16(21-22)18(24)20-15-9-19-23(10-15)11-25-3/h4-10H,11-12H2,1-3H3,(H,20,24). The van der Waals surface area contributed by atoms with Gasteiger partial charge in [0.05, 0.1) is 18.1 Å². The molecule has 0 aliphatic rings. The van der Waals surface area contributed by atoms with E-state index in [1.54, 1.807) is 41.1 Å². The van der Waals surface area contributed by atoms with Crippen molar-refractivity contribution in [2.24, 2.45) is 0 Å². The fraction of sp³-hybridized carbons (Fsp3) is 0.278. The molecule has 0 spiro atoms. The molecule has 2 aromatic heterocycles. The third-order valence-electron chi connectivity index (χ3n) is 3.72. The van der Waals surface area contributed by atoms with Crippen LogP contribution in [0.1, 0.15) is 21.6 Å². The summed E-state index contributed by atoms with van der Waals surface area (Å²) in [6, 6.07) is 7.66. The quantitative estimate of drug-likeness (QED) is 0.704. The summed E-state index contributed by atoms with van der Waals surface area (Å²) in [5.74, 6) is 0.490. The lowest BCUT2D eigenvalue weighted by Gasteiger charge is -2.09. The summed E-state index contributed by atoms with van der Waals surface area (Å²) >= 11 is 0. The van der Waals surface area contributed by atoms with Crippen LogP contribution in [0.5, 0.6) is 5.75 Å². The Bertz CT molecular complexity index is 900. The van der Waals surface area contributed by atoms with Gasteiger partial charge in [0.2, 0.25) is 0 Å². The molecule has 8 heteroatoms. The summed E-state index contributed by atoms with van der Waals surface area (Å²) < 4.78 is 13.9. The molecule has 1 amide bonds. The van der Waals surface area contributed by atoms with Crippen LogP contribution in [0, 0.1) is 13.8 Å². The summed E-state index contributed by atoms with van der Waals surface area (Å²) in [4.78, 5) is 12.3. The molecular weight excluding hydrogens is 334 g/mol. The maximum Gasteiger partial charge on any atom is 0.276 e. The minimum atomic E-state index is -0.313. The van der Waals surface area contributed by atoms with Crippen LogP contribution in [0.2, 0.25) is 0 Å². The zero-order valence-corrected chi connectivity index (χ0v) is 15.0. The number of benzene rings is 1. The van der Waals surface area contributed by atoms with E-state index in [2.05, 4.69) is 15.5 Å². The molecule has 3 aromatic rings. The van der Waals surface area contributed by atoms with Gasteiger partial charge in [-0.2, -0.15) is 10.2 Å². The Balaban J connectivity index is 1.59. The third kappa shape index (κ3) is 4.28. The van der Waals surface area contributed by atoms with Crippen molar-refractivity contribution in [1.29, 1.82) is 0 Å². The van der Waals surface area contributed by atoms with Gasteiger partial charge in [-0.3, -0.25) is 4.79 Å². The van der Waals surface area contributed by atoms with Gasteiger partial charge in [-0.25, -0.2) is 9.36 Å². The summed E-state index contributed by atoms with van der Waals surface area (Å²) in [6.45, 7) is 4.54. The largest absolute Gasteiger partial charge is 0.471 e. The second-order valence-electron chi connectivity index (χ2n) is 5.92. The number of ether oxygens (including phenoxy) is 2. The van der Waals surface area contributed by atoms with Gasteiger partial charge in [0.15, 0.2) is 12.4 Å². The molecule has 0 saturated heterocycles. The van der Waals surface area contributed by atoms with E-state index < -0.39 is 0 Å². The van der Waals surface area contributed by atoms with Crippen LogP contribution in [0.15, 0.2) is 42.9 Å². The van der Waals surface area contributed by atoms with Crippen molar-refractivity contribution in [2.75, 3.05) is 12.4 Å². The number of aromatic nitrogens is 4. The highest BCUT2D eigenvalue weighted by Crippen LogP contribution is 2.19. The van der Waals surface area contributed by atoms with E-state index in [-0.39, 0.29) is 12.6 Å². The molecule has 0 aliphatic heterocycles. The number of carbonyl (C=O) groups is 1. The van der Waals surface area contributed by atoms with Crippen molar-refractivity contribution in [3.63, 3.8) is 0 Å². The fourth-order valence-electron chi connectivity index (χ4n) is 2.38. The minimum Gasteiger partial charge on any atom is -0.471 e. The third-order valence-corrected chi connectivity index (χ3v) is 3.72. The van der Waals surface area contributed by atoms with Crippen molar-refractivity contribution in [3.05, 3.63) is 59.7 Å². The number of methoxy groups -OCH3 is 1. The van der Waals surface area contributed by atoms with Gasteiger partial charge in [-0.1, -0.05) is 12.1 Å². The number of nitrogens with zero attached hydrogens (tertiary/aromatic N) is 4. The number of carbonyl (C=O) groups excluding carboxylic acids is 1. The van der Waals surface area contributed by atoms with Crippen molar-refractivity contribution < 1.29 is 14.3 Å². The van der Waals surface area contributed by atoms with Gasteiger partial charge >= 0.3 is 0 Å². The smallest absolute Gasteiger partial charge is 0.276 e. The van der Waals surface area contributed by atoms with E-state index in [0.717, 1.165) is 16.9 Å². The SMILES string of the molecule is COCn1cc(NC(=O)c2ccn(COc3cc(C)ccc3C)n2)cn1. The molecule has 0 unspecified atom stereocenters. The molecule has 0 fully saturated rings. The molecule has 2 heterocycles. The average molecular weight is 355 g/mol. The minimum absolute atomic E-state index is 0.226. The van der Waals surface area contributed by atoms with Gasteiger partial charge in [0.1, 0.15) is 12.5 Å². The van der Waals surface area contributed by atoms with Gasteiger partial charge in [0, 0.05) is 13.3 Å². The van der Waals surface area contributed by atoms with Crippen LogP contribution in [-0.4, -0.2) is 32.6 Å². The Labute approximate surface area is 151 Å². The highest BCUT2D eigenvalue weighted by molar-refractivity contribution is 6.02. The van der Waals surface area contributed by atoms with Crippen LogP contribution < -0.4 is 10.1 Å². The predicted molar refractivity (Wildman–Crippen MR) is 96.0 cm³/mol. The summed E-state index contributed by atoms with van der Waals surface area (Å²) in [6.07, 6.45) is 4.94. The lowest BCUT2D eigenvalue weighted by atomic mass is 10.1. The van der Waals surface area contributed by atoms with Crippen LogP contribution in [0.3, 0.4) is 0 Å². The molecule has 0 aliphatic carbocycles. The van der Waals surface area contributed by atoms with Crippen molar-refractivity contribution >= 4 is 11.6 Å². The van der Waals surface area contributed by atoms with Crippen molar-refractivity contribution in [1.82, 2.24) is 19.6 Å². The maximum atomic E-state index is 12.3. The Morgan fingerprint density at radius 1 is 1.19 bits per heavy atom. The molecule has 26 heavy (non-hydrogen) atoms. The normalized spacial score (nSPS) is 10.7. The Kier molecular flexibility index (Phi) is 5.33. The highest BCUT2D eigenvalue weighted by atomic mass is 16.5. The van der Waals surface area contributed by atoms with E-state index >= 15 is 0 Å². The molecule has 0 radical (unpaired) electrons. The molecule has 0 bridgehead atoms. The Hall–Kier alpha value is -3.13. The topological polar surface area (TPSA) is 83.2 Å². The lowest BCUT2D eigenvalue weighted by Crippen LogP contribution is -2.14. The highest BCUT2D eigenvalue weighted by Gasteiger charge is 2.11. The van der Waals surface area contributed by atoms with Gasteiger partial charge in [-0.15, -0.1) is 0 Å². The van der Waals surface area contributed by atoms with E-state index in [1.807, 2.05) is 32.0 Å². The fourth-order valence-corrected chi connectivity index (χ4v) is 2.38. The van der Waals surface area contributed by atoms with Crippen molar-refractivity contribution in [3.8, 4) is 5.75 Å². The van der Waals surface area contributed by atoms with E-state index in [1.165, 1.54) is 0 Å². The van der Waals surface area contributed by atoms with Crippen LogP contribution >= 0.6 is 0 Å². The average Bonchev–Trinajstić information content (AvgIpc) is 3.26. The van der Waals surface area contributed by atoms with Gasteiger partial charge < -0.3 is 14.8 Å². The van der Waals surface area contributed by atoms with Crippen LogP contribution in [0.4, 0.5) is 5.69 Å². The Morgan fingerprint density at radius 2 is 2.04 bits per heavy atom. The number of anilines is 1. The van der Waals surface area contributed by atoms with Gasteiger partial charge in [-0.05, 0) is 37.1 Å². The number of hydrogen-bond acceptors (Lipinski definition) is 5. The monoisotopic (exact) mass is 355 g/mol. The molecule has 3 rings (SSSR count). The van der Waals surface area contributed by atoms with Crippen LogP contribution in [-0.2, 0) is 18.2 Å². The first-order valence-electron chi connectivity index (χ1n) is 8.11. The number of amides is 1. The molecule has 1 aromatic carbocycles. The van der Waals surface area contributed by atoms with Crippen LogP contribution in [0.25, 0.3) is 0 Å². The zero-order chi connectivity index (χ0) is 18.5. The van der Waals surface area contributed by atoms with E-state index in [0.29, 0.717) is 18.1 Å². The predicted octanol–water partition coefficient (Wildman–Crippen LogP) is 2.59. The Morgan fingerprint density at radius 3 is 2.85 bits per heavy atom. The number of aryl methyl sites for hydroxylation is 2. The molecule has 136 valence electrons. The first-order chi connectivity index (χ1) is 12.5. The summed E-state index contributed by atoms with van der Waals surface area (Å²) in [7, 11) is 1.58. The van der Waals surface area contributed by atoms with Crippen molar-refractivity contribution in [2.45, 2.75) is 27.3 Å². The summed E-state index contributed by atoms with van der Waals surface area (Å²) in [5, 5.41) is 11.1. The maximum absolute atomic E-state index is 12.3. The number of nitrogens with one attached hydrogen (secondary N) is 1. The molecular formula is C18H21N5O3. The summed E-state index contributed by atoms with van der Waals surface area (Å²) in [5.41, 5.74) is 3.05. The van der Waals surface area contributed by atoms with E-state index in [9.17, 15) is 4.79 Å². The molecule has 1 N–H and O–H groups in total.